The molecule has 6 rings (SSSR count). The number of hydrogen-bond acceptors (Lipinski definition) is 19. The first-order chi connectivity index (χ1) is 24.6. The van der Waals surface area contributed by atoms with Gasteiger partial charge in [-0.3, -0.25) is 4.79 Å². The third kappa shape index (κ3) is 7.03. The topological polar surface area (TPSA) is 308 Å². The molecule has 0 aliphatic carbocycles. The molecule has 2 aromatic carbocycles. The molecule has 3 aliphatic rings. The summed E-state index contributed by atoms with van der Waals surface area (Å²) in [5, 5.41) is 115. The van der Waals surface area contributed by atoms with E-state index in [1.165, 1.54) is 38.1 Å². The fraction of sp³-hybridized carbons (Fsp3) is 0.545. The molecule has 0 saturated carbocycles. The maximum Gasteiger partial charge on any atom is 0.239 e. The van der Waals surface area contributed by atoms with E-state index in [4.69, 9.17) is 32.8 Å². The van der Waals surface area contributed by atoms with Crippen LogP contribution < -0.4 is 10.2 Å². The number of aliphatic hydroxyl groups excluding tert-OH is 8. The number of rotatable bonds is 8. The number of fused-ring (bicyclic) bond motifs is 1. The van der Waals surface area contributed by atoms with Gasteiger partial charge < -0.3 is 89.0 Å². The lowest BCUT2D eigenvalue weighted by Crippen LogP contribution is -2.67. The van der Waals surface area contributed by atoms with Gasteiger partial charge in [-0.1, -0.05) is 0 Å². The highest BCUT2D eigenvalue weighted by Crippen LogP contribution is 2.39. The normalized spacial score (nSPS) is 38.3. The van der Waals surface area contributed by atoms with E-state index in [2.05, 4.69) is 0 Å². The van der Waals surface area contributed by atoms with Crippen LogP contribution in [0.1, 0.15) is 13.8 Å². The fourth-order valence-electron chi connectivity index (χ4n) is 6.31. The third-order valence-electron chi connectivity index (χ3n) is 9.28. The van der Waals surface area contributed by atoms with Crippen molar-refractivity contribution in [2.75, 3.05) is 6.61 Å². The van der Waals surface area contributed by atoms with Crippen LogP contribution in [0.2, 0.25) is 0 Å². The number of benzene rings is 2. The predicted molar refractivity (Wildman–Crippen MR) is 170 cm³/mol. The van der Waals surface area contributed by atoms with E-state index in [0.29, 0.717) is 0 Å². The van der Waals surface area contributed by atoms with E-state index >= 15 is 0 Å². The quantitative estimate of drug-likeness (QED) is 0.113. The molecule has 0 bridgehead atoms. The molecule has 3 saturated heterocycles. The molecule has 15 unspecified atom stereocenters. The molecule has 0 radical (unpaired) electrons. The summed E-state index contributed by atoms with van der Waals surface area (Å²) >= 11 is 0. The van der Waals surface area contributed by atoms with Crippen LogP contribution in [0, 0.1) is 0 Å². The predicted octanol–water partition coefficient (Wildman–Crippen LogP) is -2.54. The summed E-state index contributed by atoms with van der Waals surface area (Å²) in [6, 6.07) is 7.17. The van der Waals surface area contributed by atoms with E-state index in [1.54, 1.807) is 0 Å². The summed E-state index contributed by atoms with van der Waals surface area (Å²) < 4.78 is 40.6. The number of aromatic hydroxyl groups is 3. The zero-order chi connectivity index (χ0) is 37.8. The van der Waals surface area contributed by atoms with E-state index < -0.39 is 127 Å². The number of phenols is 3. The lowest BCUT2D eigenvalue weighted by atomic mass is 9.96. The first kappa shape index (κ1) is 38.1. The van der Waals surface area contributed by atoms with Crippen LogP contribution in [-0.2, 0) is 23.7 Å². The van der Waals surface area contributed by atoms with Gasteiger partial charge in [-0.05, 0) is 38.1 Å². The zero-order valence-electron chi connectivity index (χ0n) is 27.5. The first-order valence-corrected chi connectivity index (χ1v) is 16.2. The Balaban J connectivity index is 1.41. The van der Waals surface area contributed by atoms with E-state index in [0.717, 1.165) is 12.1 Å². The van der Waals surface area contributed by atoms with Crippen LogP contribution >= 0.6 is 0 Å². The van der Waals surface area contributed by atoms with Gasteiger partial charge >= 0.3 is 0 Å². The Labute approximate surface area is 293 Å². The van der Waals surface area contributed by atoms with Crippen LogP contribution in [0.25, 0.3) is 22.3 Å². The molecule has 52 heavy (non-hydrogen) atoms. The van der Waals surface area contributed by atoms with Crippen molar-refractivity contribution in [3.8, 4) is 34.3 Å². The maximum atomic E-state index is 13.9. The molecule has 0 amide bonds. The minimum atomic E-state index is -2.06. The van der Waals surface area contributed by atoms with E-state index in [1.807, 2.05) is 0 Å². The number of aliphatic hydroxyl groups is 8. The van der Waals surface area contributed by atoms with Crippen molar-refractivity contribution in [3.63, 3.8) is 0 Å². The number of phenolic OH excluding ortho intramolecular Hbond substituents is 3. The Bertz CT molecular complexity index is 1770. The van der Waals surface area contributed by atoms with Crippen LogP contribution in [-0.4, -0.2) is 155 Å². The second-order valence-corrected chi connectivity index (χ2v) is 12.9. The molecule has 15 atom stereocenters. The van der Waals surface area contributed by atoms with Crippen LogP contribution in [0.5, 0.6) is 23.0 Å². The smallest absolute Gasteiger partial charge is 0.239 e. The molecule has 3 fully saturated rings. The molecule has 4 heterocycles. The largest absolute Gasteiger partial charge is 0.508 e. The summed E-state index contributed by atoms with van der Waals surface area (Å²) in [6.07, 6.45) is -25.1. The highest BCUT2D eigenvalue weighted by molar-refractivity contribution is 5.88. The molecule has 3 aliphatic heterocycles. The Kier molecular flexibility index (Phi) is 11.0. The van der Waals surface area contributed by atoms with Gasteiger partial charge in [-0.2, -0.15) is 0 Å². The van der Waals surface area contributed by atoms with Crippen LogP contribution in [0.3, 0.4) is 0 Å². The highest BCUT2D eigenvalue weighted by Gasteiger charge is 2.54. The van der Waals surface area contributed by atoms with E-state index in [9.17, 15) is 61.0 Å². The van der Waals surface area contributed by atoms with Gasteiger partial charge in [0.1, 0.15) is 89.3 Å². The average Bonchev–Trinajstić information content (AvgIpc) is 3.10. The van der Waals surface area contributed by atoms with Crippen molar-refractivity contribution in [3.05, 3.63) is 46.6 Å². The molecule has 3 aromatic rings. The Morgan fingerprint density at radius 3 is 1.77 bits per heavy atom. The van der Waals surface area contributed by atoms with Crippen molar-refractivity contribution >= 4 is 11.0 Å². The molecular weight excluding hydrogens is 700 g/mol. The van der Waals surface area contributed by atoms with Gasteiger partial charge in [-0.15, -0.1) is 0 Å². The van der Waals surface area contributed by atoms with Crippen LogP contribution in [0.15, 0.2) is 45.6 Å². The van der Waals surface area contributed by atoms with Gasteiger partial charge in [0.2, 0.25) is 17.5 Å². The monoisotopic (exact) mass is 740 g/mol. The van der Waals surface area contributed by atoms with Crippen molar-refractivity contribution in [1.29, 1.82) is 0 Å². The fourth-order valence-corrected chi connectivity index (χ4v) is 6.31. The lowest BCUT2D eigenvalue weighted by Gasteiger charge is -2.48. The molecule has 1 aromatic heterocycles. The Hall–Kier alpha value is -3.67. The summed E-state index contributed by atoms with van der Waals surface area (Å²) in [5.74, 6) is -2.24. The standard InChI is InChI=1S/C33H40O19/c1-10-19(38)22(41)24(43)31(46-10)50-28-17(9-34)49-33(26(45)30(28)52-32-25(44)23(42)20(39)11(2)47-32)51-29-21(40)18-15(37)7-14(36)8-16(18)48-27(29)12-3-5-13(35)6-4-12/h3-8,10-11,17,19-20,22-26,28,30-39,41-45H,9H2,1-2H3. The minimum Gasteiger partial charge on any atom is -0.508 e. The molecule has 19 nitrogen and oxygen atoms in total. The van der Waals surface area contributed by atoms with Gasteiger partial charge in [-0.25, -0.2) is 0 Å². The summed E-state index contributed by atoms with van der Waals surface area (Å²) in [7, 11) is 0. The molecule has 11 N–H and O–H groups in total. The molecule has 19 heteroatoms. The van der Waals surface area contributed by atoms with Crippen molar-refractivity contribution in [1.82, 2.24) is 0 Å². The number of hydrogen-bond donors (Lipinski definition) is 11. The van der Waals surface area contributed by atoms with E-state index in [-0.39, 0.29) is 22.7 Å². The maximum absolute atomic E-state index is 13.9. The van der Waals surface area contributed by atoms with Crippen molar-refractivity contribution < 1.29 is 89.0 Å². The van der Waals surface area contributed by atoms with Gasteiger partial charge in [0, 0.05) is 17.7 Å². The van der Waals surface area contributed by atoms with Crippen molar-refractivity contribution in [2.45, 2.75) is 106 Å². The third-order valence-corrected chi connectivity index (χ3v) is 9.28. The highest BCUT2D eigenvalue weighted by atomic mass is 16.8. The SMILES string of the molecule is CC1OC(OC2C(CO)OC(Oc3c(-c4ccc(O)cc4)oc4cc(O)cc(O)c4c3=O)C(O)C2OC2OC(C)C(O)C(O)C2O)C(O)C(O)C1O. The zero-order valence-corrected chi connectivity index (χ0v) is 27.5. The van der Waals surface area contributed by atoms with Gasteiger partial charge in [0.25, 0.3) is 0 Å². The van der Waals surface area contributed by atoms with Crippen molar-refractivity contribution in [2.24, 2.45) is 0 Å². The molecule has 286 valence electrons. The first-order valence-electron chi connectivity index (χ1n) is 16.2. The Morgan fingerprint density at radius 1 is 0.654 bits per heavy atom. The van der Waals surface area contributed by atoms with Gasteiger partial charge in [0.05, 0.1) is 18.8 Å². The molecule has 0 spiro atoms. The summed E-state index contributed by atoms with van der Waals surface area (Å²) in [5.41, 5.74) is -1.13. The second-order valence-electron chi connectivity index (χ2n) is 12.9. The summed E-state index contributed by atoms with van der Waals surface area (Å²) in [6.45, 7) is 1.83. The number of ether oxygens (including phenoxy) is 6. The van der Waals surface area contributed by atoms with Crippen LogP contribution in [0.4, 0.5) is 0 Å². The molecular formula is C33H40O19. The van der Waals surface area contributed by atoms with Gasteiger partial charge in [0.15, 0.2) is 18.3 Å². The summed E-state index contributed by atoms with van der Waals surface area (Å²) in [4.78, 5) is 13.9. The minimum absolute atomic E-state index is 0.143. The second kappa shape index (κ2) is 15.0. The average molecular weight is 741 g/mol. The lowest BCUT2D eigenvalue weighted by molar-refractivity contribution is -0.378. The Morgan fingerprint density at radius 2 is 1.21 bits per heavy atom.